The number of carbonyl (C=O) groups is 2. The van der Waals surface area contributed by atoms with Crippen molar-refractivity contribution in [1.82, 2.24) is 0 Å². The fraction of sp³-hybridized carbons (Fsp3) is 0.176. The third-order valence-corrected chi connectivity index (χ3v) is 3.66. The van der Waals surface area contributed by atoms with Gasteiger partial charge in [-0.3, -0.25) is 4.79 Å². The van der Waals surface area contributed by atoms with Crippen LogP contribution >= 0.6 is 15.9 Å². The van der Waals surface area contributed by atoms with Gasteiger partial charge < -0.3 is 10.1 Å². The second-order valence-corrected chi connectivity index (χ2v) is 5.77. The summed E-state index contributed by atoms with van der Waals surface area (Å²) in [4.78, 5) is 24.1. The average molecular weight is 362 g/mol. The van der Waals surface area contributed by atoms with E-state index < -0.39 is 12.1 Å². The molecule has 0 saturated heterocycles. The molecule has 0 aliphatic rings. The largest absolute Gasteiger partial charge is 0.449 e. The van der Waals surface area contributed by atoms with Crippen molar-refractivity contribution in [2.24, 2.45) is 0 Å². The molecule has 114 valence electrons. The van der Waals surface area contributed by atoms with Crippen LogP contribution in [0.2, 0.25) is 0 Å². The molecular formula is C17H16BrNO3. The average Bonchev–Trinajstić information content (AvgIpc) is 2.50. The molecule has 1 unspecified atom stereocenters. The zero-order valence-electron chi connectivity index (χ0n) is 12.3. The van der Waals surface area contributed by atoms with Gasteiger partial charge >= 0.3 is 5.97 Å². The van der Waals surface area contributed by atoms with Crippen molar-refractivity contribution in [2.75, 3.05) is 5.32 Å². The zero-order valence-corrected chi connectivity index (χ0v) is 13.9. The predicted octanol–water partition coefficient (Wildman–Crippen LogP) is 3.94. The first kappa shape index (κ1) is 16.2. The Morgan fingerprint density at radius 1 is 1.09 bits per heavy atom. The van der Waals surface area contributed by atoms with Crippen molar-refractivity contribution in [3.05, 3.63) is 64.1 Å². The lowest BCUT2D eigenvalue weighted by Gasteiger charge is -2.14. The molecule has 5 heteroatoms. The van der Waals surface area contributed by atoms with Crippen LogP contribution in [0.25, 0.3) is 0 Å². The van der Waals surface area contributed by atoms with E-state index in [2.05, 4.69) is 21.2 Å². The number of rotatable bonds is 4. The molecular weight excluding hydrogens is 346 g/mol. The number of para-hydroxylation sites is 1. The molecule has 1 atom stereocenters. The molecule has 1 amide bonds. The van der Waals surface area contributed by atoms with E-state index in [0.717, 1.165) is 10.0 Å². The molecule has 0 aliphatic carbocycles. The van der Waals surface area contributed by atoms with Crippen LogP contribution < -0.4 is 5.32 Å². The van der Waals surface area contributed by atoms with E-state index in [4.69, 9.17) is 4.74 Å². The van der Waals surface area contributed by atoms with E-state index in [1.807, 2.05) is 25.1 Å². The van der Waals surface area contributed by atoms with Crippen molar-refractivity contribution in [1.29, 1.82) is 0 Å². The topological polar surface area (TPSA) is 55.4 Å². The highest BCUT2D eigenvalue weighted by Gasteiger charge is 2.19. The fourth-order valence-electron chi connectivity index (χ4n) is 1.82. The van der Waals surface area contributed by atoms with E-state index in [1.165, 1.54) is 0 Å². The number of anilines is 1. The highest BCUT2D eigenvalue weighted by Crippen LogP contribution is 2.15. The lowest BCUT2D eigenvalue weighted by atomic mass is 10.2. The number of carbonyl (C=O) groups excluding carboxylic acids is 2. The standard InChI is InChI=1S/C17H16BrNO3/c1-11-5-3-4-6-15(11)19-16(20)12(2)22-17(21)13-7-9-14(18)10-8-13/h3-10,12H,1-2H3,(H,19,20). The highest BCUT2D eigenvalue weighted by atomic mass is 79.9. The van der Waals surface area contributed by atoms with Crippen LogP contribution in [0.15, 0.2) is 53.0 Å². The van der Waals surface area contributed by atoms with Crippen LogP contribution in [-0.4, -0.2) is 18.0 Å². The Bertz CT molecular complexity index is 683. The maximum Gasteiger partial charge on any atom is 0.338 e. The lowest BCUT2D eigenvalue weighted by molar-refractivity contribution is -0.123. The number of aryl methyl sites for hydroxylation is 1. The molecule has 0 heterocycles. The molecule has 2 aromatic carbocycles. The molecule has 22 heavy (non-hydrogen) atoms. The van der Waals surface area contributed by atoms with Crippen LogP contribution in [-0.2, 0) is 9.53 Å². The number of esters is 1. The summed E-state index contributed by atoms with van der Waals surface area (Å²) in [6.45, 7) is 3.44. The first-order chi connectivity index (χ1) is 10.5. The zero-order chi connectivity index (χ0) is 16.1. The Kier molecular flexibility index (Phi) is 5.33. The summed E-state index contributed by atoms with van der Waals surface area (Å²) < 4.78 is 6.05. The van der Waals surface area contributed by atoms with Crippen molar-refractivity contribution in [2.45, 2.75) is 20.0 Å². The summed E-state index contributed by atoms with van der Waals surface area (Å²) in [6, 6.07) is 14.2. The van der Waals surface area contributed by atoms with Crippen molar-refractivity contribution >= 4 is 33.5 Å². The Morgan fingerprint density at radius 2 is 1.73 bits per heavy atom. The number of ether oxygens (including phenoxy) is 1. The minimum Gasteiger partial charge on any atom is -0.449 e. The molecule has 2 rings (SSSR count). The molecule has 0 spiro atoms. The highest BCUT2D eigenvalue weighted by molar-refractivity contribution is 9.10. The second-order valence-electron chi connectivity index (χ2n) is 4.86. The minimum atomic E-state index is -0.879. The van der Waals surface area contributed by atoms with Gasteiger partial charge in [-0.1, -0.05) is 34.1 Å². The van der Waals surface area contributed by atoms with E-state index in [-0.39, 0.29) is 5.91 Å². The molecule has 4 nitrogen and oxygen atoms in total. The molecule has 0 fully saturated rings. The maximum absolute atomic E-state index is 12.1. The van der Waals surface area contributed by atoms with Crippen LogP contribution in [0, 0.1) is 6.92 Å². The van der Waals surface area contributed by atoms with Crippen LogP contribution in [0.1, 0.15) is 22.8 Å². The van der Waals surface area contributed by atoms with Gasteiger partial charge in [-0.2, -0.15) is 0 Å². The third kappa shape index (κ3) is 4.18. The molecule has 0 aromatic heterocycles. The normalized spacial score (nSPS) is 11.6. The Hall–Kier alpha value is -2.14. The van der Waals surface area contributed by atoms with Crippen LogP contribution in [0.5, 0.6) is 0 Å². The van der Waals surface area contributed by atoms with Crippen LogP contribution in [0.3, 0.4) is 0 Å². The van der Waals surface area contributed by atoms with E-state index in [1.54, 1.807) is 37.3 Å². The quantitative estimate of drug-likeness (QED) is 0.839. The fourth-order valence-corrected chi connectivity index (χ4v) is 2.08. The van der Waals surface area contributed by atoms with E-state index in [0.29, 0.717) is 11.3 Å². The molecule has 0 radical (unpaired) electrons. The van der Waals surface area contributed by atoms with Gasteiger partial charge in [0.2, 0.25) is 0 Å². The smallest absolute Gasteiger partial charge is 0.338 e. The summed E-state index contributed by atoms with van der Waals surface area (Å²) in [7, 11) is 0. The molecule has 2 aromatic rings. The van der Waals surface area contributed by atoms with Gasteiger partial charge in [-0.05, 0) is 49.7 Å². The number of nitrogens with one attached hydrogen (secondary N) is 1. The van der Waals surface area contributed by atoms with Crippen molar-refractivity contribution in [3.8, 4) is 0 Å². The van der Waals surface area contributed by atoms with Gasteiger partial charge in [0.1, 0.15) is 0 Å². The number of benzene rings is 2. The van der Waals surface area contributed by atoms with Gasteiger partial charge in [0.05, 0.1) is 5.56 Å². The summed E-state index contributed by atoms with van der Waals surface area (Å²) in [5.74, 6) is -0.889. The Balaban J connectivity index is 1.98. The minimum absolute atomic E-state index is 0.361. The van der Waals surface area contributed by atoms with E-state index in [9.17, 15) is 9.59 Å². The van der Waals surface area contributed by atoms with Gasteiger partial charge in [0, 0.05) is 10.2 Å². The summed E-state index contributed by atoms with van der Waals surface area (Å²) in [5.41, 5.74) is 2.06. The third-order valence-electron chi connectivity index (χ3n) is 3.14. The van der Waals surface area contributed by atoms with Gasteiger partial charge in [-0.15, -0.1) is 0 Å². The number of amides is 1. The molecule has 1 N–H and O–H groups in total. The summed E-state index contributed by atoms with van der Waals surface area (Å²) >= 11 is 3.30. The number of hydrogen-bond acceptors (Lipinski definition) is 3. The second kappa shape index (κ2) is 7.22. The Morgan fingerprint density at radius 3 is 2.36 bits per heavy atom. The SMILES string of the molecule is Cc1ccccc1NC(=O)C(C)OC(=O)c1ccc(Br)cc1. The molecule has 0 aliphatic heterocycles. The van der Waals surface area contributed by atoms with Crippen LogP contribution in [0.4, 0.5) is 5.69 Å². The maximum atomic E-state index is 12.1. The summed E-state index contributed by atoms with van der Waals surface area (Å²) in [6.07, 6.45) is -0.879. The number of halogens is 1. The van der Waals surface area contributed by atoms with Gasteiger partial charge in [0.15, 0.2) is 6.10 Å². The van der Waals surface area contributed by atoms with Crippen molar-refractivity contribution < 1.29 is 14.3 Å². The van der Waals surface area contributed by atoms with Gasteiger partial charge in [0.25, 0.3) is 5.91 Å². The monoisotopic (exact) mass is 361 g/mol. The number of hydrogen-bond donors (Lipinski definition) is 1. The lowest BCUT2D eigenvalue weighted by Crippen LogP contribution is -2.30. The molecule has 0 saturated carbocycles. The molecule has 0 bridgehead atoms. The van der Waals surface area contributed by atoms with Gasteiger partial charge in [-0.25, -0.2) is 4.79 Å². The predicted molar refractivity (Wildman–Crippen MR) is 88.8 cm³/mol. The Labute approximate surface area is 137 Å². The summed E-state index contributed by atoms with van der Waals surface area (Å²) in [5, 5.41) is 2.75. The first-order valence-corrected chi connectivity index (χ1v) is 7.59. The van der Waals surface area contributed by atoms with E-state index >= 15 is 0 Å². The first-order valence-electron chi connectivity index (χ1n) is 6.80. The van der Waals surface area contributed by atoms with Crippen molar-refractivity contribution in [3.63, 3.8) is 0 Å².